The molecule has 1 aliphatic heterocycles. The average molecular weight is 340 g/mol. The van der Waals surface area contributed by atoms with Gasteiger partial charge in [0.15, 0.2) is 0 Å². The van der Waals surface area contributed by atoms with Crippen LogP contribution in [0.4, 0.5) is 11.6 Å². The van der Waals surface area contributed by atoms with E-state index in [-0.39, 0.29) is 0 Å². The lowest BCUT2D eigenvalue weighted by Crippen LogP contribution is -2.34. The average Bonchev–Trinajstić information content (AvgIpc) is 3.32. The van der Waals surface area contributed by atoms with Gasteiger partial charge in [0.05, 0.1) is 18.3 Å². The standard InChI is InChI=1S/C19H28N6/c1-15-5-4-9-24(13-15)19-11-18(21-14-22-19)20-12-16-8-10-25(23-16)17-6-2-3-7-17/h8,10-11,14-15,17H,2-7,9,12-13H2,1H3,(H,20,21,22). The minimum absolute atomic E-state index is 0.598. The third-order valence-corrected chi connectivity index (χ3v) is 5.45. The molecule has 0 radical (unpaired) electrons. The maximum atomic E-state index is 4.73. The summed E-state index contributed by atoms with van der Waals surface area (Å²) in [6.45, 7) is 5.19. The fourth-order valence-electron chi connectivity index (χ4n) is 4.04. The van der Waals surface area contributed by atoms with E-state index in [0.29, 0.717) is 12.6 Å². The van der Waals surface area contributed by atoms with Gasteiger partial charge in [0.25, 0.3) is 0 Å². The fraction of sp³-hybridized carbons (Fsp3) is 0.632. The molecule has 2 aromatic heterocycles. The molecule has 1 N–H and O–H groups in total. The Morgan fingerprint density at radius 1 is 1.16 bits per heavy atom. The summed E-state index contributed by atoms with van der Waals surface area (Å²) in [6.07, 6.45) is 11.5. The molecular formula is C19H28N6. The molecule has 134 valence electrons. The number of piperidine rings is 1. The summed E-state index contributed by atoms with van der Waals surface area (Å²) in [6, 6.07) is 4.77. The maximum Gasteiger partial charge on any atom is 0.134 e. The highest BCUT2D eigenvalue weighted by molar-refractivity contribution is 5.48. The molecule has 2 aliphatic rings. The summed E-state index contributed by atoms with van der Waals surface area (Å²) in [5.74, 6) is 2.64. The van der Waals surface area contributed by atoms with E-state index in [4.69, 9.17) is 5.10 Å². The second-order valence-corrected chi connectivity index (χ2v) is 7.53. The second kappa shape index (κ2) is 7.42. The number of nitrogens with one attached hydrogen (secondary N) is 1. The van der Waals surface area contributed by atoms with E-state index in [2.05, 4.69) is 50.1 Å². The van der Waals surface area contributed by atoms with Crippen LogP contribution >= 0.6 is 0 Å². The molecule has 6 nitrogen and oxygen atoms in total. The molecule has 0 spiro atoms. The van der Waals surface area contributed by atoms with Crippen molar-refractivity contribution in [3.63, 3.8) is 0 Å². The van der Waals surface area contributed by atoms with E-state index in [1.807, 2.05) is 0 Å². The summed E-state index contributed by atoms with van der Waals surface area (Å²) in [5, 5.41) is 8.13. The van der Waals surface area contributed by atoms with Crippen LogP contribution in [0.15, 0.2) is 24.7 Å². The van der Waals surface area contributed by atoms with Crippen molar-refractivity contribution < 1.29 is 0 Å². The van der Waals surface area contributed by atoms with Gasteiger partial charge in [0.1, 0.15) is 18.0 Å². The predicted octanol–water partition coefficient (Wildman–Crippen LogP) is 3.64. The second-order valence-electron chi connectivity index (χ2n) is 7.53. The van der Waals surface area contributed by atoms with Crippen molar-refractivity contribution >= 4 is 11.6 Å². The quantitative estimate of drug-likeness (QED) is 0.900. The first-order valence-electron chi connectivity index (χ1n) is 9.63. The Kier molecular flexibility index (Phi) is 4.85. The number of rotatable bonds is 5. The zero-order valence-corrected chi connectivity index (χ0v) is 15.1. The molecule has 3 heterocycles. The number of anilines is 2. The molecule has 2 fully saturated rings. The molecule has 2 aromatic rings. The molecule has 1 saturated carbocycles. The van der Waals surface area contributed by atoms with Gasteiger partial charge in [-0.15, -0.1) is 0 Å². The van der Waals surface area contributed by atoms with Gasteiger partial charge in [-0.25, -0.2) is 9.97 Å². The summed E-state index contributed by atoms with van der Waals surface area (Å²) in [7, 11) is 0. The van der Waals surface area contributed by atoms with E-state index >= 15 is 0 Å². The Bertz CT molecular complexity index is 691. The summed E-state index contributed by atoms with van der Waals surface area (Å²) in [4.78, 5) is 11.2. The molecule has 0 bridgehead atoms. The van der Waals surface area contributed by atoms with Gasteiger partial charge < -0.3 is 10.2 Å². The molecule has 1 saturated heterocycles. The van der Waals surface area contributed by atoms with Gasteiger partial charge in [0, 0.05) is 25.4 Å². The van der Waals surface area contributed by atoms with Crippen molar-refractivity contribution in [2.45, 2.75) is 58.0 Å². The normalized spacial score (nSPS) is 21.6. The Morgan fingerprint density at radius 3 is 2.88 bits per heavy atom. The zero-order chi connectivity index (χ0) is 17.1. The summed E-state index contributed by atoms with van der Waals surface area (Å²) < 4.78 is 2.14. The molecule has 25 heavy (non-hydrogen) atoms. The Hall–Kier alpha value is -2.11. The summed E-state index contributed by atoms with van der Waals surface area (Å²) in [5.41, 5.74) is 1.07. The Balaban J connectivity index is 1.37. The van der Waals surface area contributed by atoms with Crippen molar-refractivity contribution in [2.75, 3.05) is 23.3 Å². The van der Waals surface area contributed by atoms with Gasteiger partial charge in [-0.05, 0) is 37.7 Å². The minimum Gasteiger partial charge on any atom is -0.364 e. The largest absolute Gasteiger partial charge is 0.364 e. The maximum absolute atomic E-state index is 4.73. The molecule has 1 unspecified atom stereocenters. The number of nitrogens with zero attached hydrogens (tertiary/aromatic N) is 5. The van der Waals surface area contributed by atoms with E-state index in [9.17, 15) is 0 Å². The van der Waals surface area contributed by atoms with Crippen LogP contribution in [-0.4, -0.2) is 32.8 Å². The van der Waals surface area contributed by atoms with Crippen molar-refractivity contribution in [1.29, 1.82) is 0 Å². The zero-order valence-electron chi connectivity index (χ0n) is 15.1. The SMILES string of the molecule is CC1CCCN(c2cc(NCc3ccn(C4CCCC4)n3)ncn2)C1. The highest BCUT2D eigenvalue weighted by Crippen LogP contribution is 2.28. The lowest BCUT2D eigenvalue weighted by molar-refractivity contribution is 0.444. The van der Waals surface area contributed by atoms with E-state index in [1.54, 1.807) is 6.33 Å². The van der Waals surface area contributed by atoms with E-state index in [1.165, 1.54) is 38.5 Å². The van der Waals surface area contributed by atoms with Crippen LogP contribution in [0.1, 0.15) is 57.2 Å². The van der Waals surface area contributed by atoms with Crippen LogP contribution in [0.25, 0.3) is 0 Å². The molecule has 6 heteroatoms. The third kappa shape index (κ3) is 3.94. The first-order valence-corrected chi connectivity index (χ1v) is 9.63. The highest BCUT2D eigenvalue weighted by atomic mass is 15.3. The monoisotopic (exact) mass is 340 g/mol. The smallest absolute Gasteiger partial charge is 0.134 e. The van der Waals surface area contributed by atoms with Gasteiger partial charge >= 0.3 is 0 Å². The Morgan fingerprint density at radius 2 is 2.04 bits per heavy atom. The van der Waals surface area contributed by atoms with Crippen molar-refractivity contribution in [3.8, 4) is 0 Å². The lowest BCUT2D eigenvalue weighted by atomic mass is 10.0. The molecule has 0 amide bonds. The predicted molar refractivity (Wildman–Crippen MR) is 99.7 cm³/mol. The van der Waals surface area contributed by atoms with Crippen LogP contribution < -0.4 is 10.2 Å². The van der Waals surface area contributed by atoms with Gasteiger partial charge in [-0.3, -0.25) is 4.68 Å². The van der Waals surface area contributed by atoms with Gasteiger partial charge in [0.2, 0.25) is 0 Å². The van der Waals surface area contributed by atoms with Gasteiger partial charge in [-0.2, -0.15) is 5.10 Å². The molecule has 1 atom stereocenters. The van der Waals surface area contributed by atoms with Crippen LogP contribution in [0.2, 0.25) is 0 Å². The fourth-order valence-corrected chi connectivity index (χ4v) is 4.04. The molecule has 0 aromatic carbocycles. The first kappa shape index (κ1) is 16.4. The topological polar surface area (TPSA) is 58.9 Å². The first-order chi connectivity index (χ1) is 12.3. The molecule has 4 rings (SSSR count). The van der Waals surface area contributed by atoms with Crippen molar-refractivity contribution in [3.05, 3.63) is 30.4 Å². The molecule has 1 aliphatic carbocycles. The van der Waals surface area contributed by atoms with Crippen LogP contribution in [0.5, 0.6) is 0 Å². The number of hydrogen-bond acceptors (Lipinski definition) is 5. The third-order valence-electron chi connectivity index (χ3n) is 5.45. The van der Waals surface area contributed by atoms with Gasteiger partial charge in [-0.1, -0.05) is 19.8 Å². The van der Waals surface area contributed by atoms with Crippen molar-refractivity contribution in [2.24, 2.45) is 5.92 Å². The van der Waals surface area contributed by atoms with E-state index < -0.39 is 0 Å². The van der Waals surface area contributed by atoms with Crippen LogP contribution in [0.3, 0.4) is 0 Å². The Labute approximate surface area is 149 Å². The molecular weight excluding hydrogens is 312 g/mol. The van der Waals surface area contributed by atoms with E-state index in [0.717, 1.165) is 36.3 Å². The van der Waals surface area contributed by atoms with Crippen LogP contribution in [-0.2, 0) is 6.54 Å². The minimum atomic E-state index is 0.598. The summed E-state index contributed by atoms with van der Waals surface area (Å²) >= 11 is 0. The highest BCUT2D eigenvalue weighted by Gasteiger charge is 2.19. The number of hydrogen-bond donors (Lipinski definition) is 1. The lowest BCUT2D eigenvalue weighted by Gasteiger charge is -2.31. The number of aromatic nitrogens is 4. The van der Waals surface area contributed by atoms with Crippen molar-refractivity contribution in [1.82, 2.24) is 19.7 Å². The van der Waals surface area contributed by atoms with Crippen LogP contribution in [0, 0.1) is 5.92 Å².